The Labute approximate surface area is 175 Å². The van der Waals surface area contributed by atoms with Crippen molar-refractivity contribution in [2.24, 2.45) is 5.73 Å². The van der Waals surface area contributed by atoms with E-state index in [1.54, 1.807) is 61.8 Å². The Balaban J connectivity index is 1.52. The molecule has 0 spiro atoms. The van der Waals surface area contributed by atoms with Crippen LogP contribution in [0.2, 0.25) is 0 Å². The number of methoxy groups -OCH3 is 1. The number of aromatic nitrogens is 1. The monoisotopic (exact) mass is 422 g/mol. The van der Waals surface area contributed by atoms with Gasteiger partial charge in [-0.25, -0.2) is 12.4 Å². The molecule has 6 nitrogen and oxygen atoms in total. The van der Waals surface area contributed by atoms with Gasteiger partial charge in [-0.3, -0.25) is 0 Å². The topological polar surface area (TPSA) is 83.5 Å². The van der Waals surface area contributed by atoms with Gasteiger partial charge in [0.1, 0.15) is 18.1 Å². The van der Waals surface area contributed by atoms with Crippen molar-refractivity contribution >= 4 is 20.9 Å². The molecule has 3 aromatic carbocycles. The van der Waals surface area contributed by atoms with E-state index in [2.05, 4.69) is 0 Å². The van der Waals surface area contributed by atoms with Crippen molar-refractivity contribution in [3.63, 3.8) is 0 Å². The normalized spacial score (nSPS) is 11.5. The first-order chi connectivity index (χ1) is 14.5. The van der Waals surface area contributed by atoms with Crippen LogP contribution in [0.25, 0.3) is 10.9 Å². The van der Waals surface area contributed by atoms with Crippen molar-refractivity contribution in [1.29, 1.82) is 0 Å². The van der Waals surface area contributed by atoms with E-state index in [0.717, 1.165) is 16.5 Å². The van der Waals surface area contributed by atoms with Crippen LogP contribution in [0.1, 0.15) is 11.1 Å². The standard InChI is InChI=1S/C23H22N2O4S/c1-28-21-8-11-23-19(14-21)12-13-25(23)30(26,27)22-9-6-20(7-10-22)29-16-18-4-2-17(15-24)3-5-18/h2-14H,15-16,24H2,1H3. The average molecular weight is 423 g/mol. The number of ether oxygens (including phenoxy) is 2. The van der Waals surface area contributed by atoms with Crippen molar-refractivity contribution in [2.75, 3.05) is 7.11 Å². The average Bonchev–Trinajstić information content (AvgIpc) is 3.22. The van der Waals surface area contributed by atoms with Crippen LogP contribution >= 0.6 is 0 Å². The second-order valence-corrected chi connectivity index (χ2v) is 8.64. The third-order valence-electron chi connectivity index (χ3n) is 4.91. The maximum Gasteiger partial charge on any atom is 0.268 e. The predicted molar refractivity (Wildman–Crippen MR) is 116 cm³/mol. The molecule has 0 aliphatic carbocycles. The van der Waals surface area contributed by atoms with Gasteiger partial charge in [-0.2, -0.15) is 0 Å². The van der Waals surface area contributed by atoms with E-state index in [9.17, 15) is 8.42 Å². The molecule has 4 aromatic rings. The zero-order valence-electron chi connectivity index (χ0n) is 16.5. The molecule has 0 bridgehead atoms. The van der Waals surface area contributed by atoms with E-state index >= 15 is 0 Å². The Kier molecular flexibility index (Phi) is 5.48. The predicted octanol–water partition coefficient (Wildman–Crippen LogP) is 3.92. The lowest BCUT2D eigenvalue weighted by molar-refractivity contribution is 0.306. The molecule has 1 heterocycles. The molecule has 154 valence electrons. The zero-order chi connectivity index (χ0) is 21.1. The molecule has 0 saturated heterocycles. The second kappa shape index (κ2) is 8.22. The van der Waals surface area contributed by atoms with E-state index < -0.39 is 10.0 Å². The van der Waals surface area contributed by atoms with Crippen molar-refractivity contribution in [3.8, 4) is 11.5 Å². The highest BCUT2D eigenvalue weighted by molar-refractivity contribution is 7.90. The minimum atomic E-state index is -3.72. The molecule has 0 atom stereocenters. The van der Waals surface area contributed by atoms with Gasteiger partial charge in [0.2, 0.25) is 0 Å². The third kappa shape index (κ3) is 3.90. The van der Waals surface area contributed by atoms with Gasteiger partial charge < -0.3 is 15.2 Å². The van der Waals surface area contributed by atoms with Gasteiger partial charge in [0.25, 0.3) is 10.0 Å². The number of hydrogen-bond donors (Lipinski definition) is 1. The molecular formula is C23H22N2O4S. The van der Waals surface area contributed by atoms with E-state index in [-0.39, 0.29) is 4.90 Å². The van der Waals surface area contributed by atoms with Gasteiger partial charge >= 0.3 is 0 Å². The highest BCUT2D eigenvalue weighted by Gasteiger charge is 2.19. The van der Waals surface area contributed by atoms with E-state index in [1.807, 2.05) is 24.3 Å². The van der Waals surface area contributed by atoms with Crippen LogP contribution in [0.15, 0.2) is 83.9 Å². The van der Waals surface area contributed by atoms with E-state index in [4.69, 9.17) is 15.2 Å². The molecule has 0 saturated carbocycles. The second-order valence-electron chi connectivity index (χ2n) is 6.82. The number of nitrogens with two attached hydrogens (primary N) is 1. The molecule has 0 amide bonds. The molecule has 2 N–H and O–H groups in total. The van der Waals surface area contributed by atoms with Crippen LogP contribution in [0.4, 0.5) is 0 Å². The van der Waals surface area contributed by atoms with Crippen molar-refractivity contribution in [1.82, 2.24) is 3.97 Å². The fraction of sp³-hybridized carbons (Fsp3) is 0.130. The van der Waals surface area contributed by atoms with Crippen molar-refractivity contribution in [2.45, 2.75) is 18.0 Å². The maximum absolute atomic E-state index is 13.1. The minimum Gasteiger partial charge on any atom is -0.497 e. The summed E-state index contributed by atoms with van der Waals surface area (Å²) in [5.41, 5.74) is 8.27. The Morgan fingerprint density at radius 1 is 0.867 bits per heavy atom. The summed E-state index contributed by atoms with van der Waals surface area (Å²) >= 11 is 0. The van der Waals surface area contributed by atoms with Gasteiger partial charge in [0, 0.05) is 18.1 Å². The van der Waals surface area contributed by atoms with Gasteiger partial charge in [-0.15, -0.1) is 0 Å². The number of benzene rings is 3. The molecule has 0 radical (unpaired) electrons. The van der Waals surface area contributed by atoms with E-state index in [1.165, 1.54) is 3.97 Å². The molecule has 1 aromatic heterocycles. The fourth-order valence-corrected chi connectivity index (χ4v) is 4.54. The summed E-state index contributed by atoms with van der Waals surface area (Å²) in [5, 5.41) is 0.790. The highest BCUT2D eigenvalue weighted by atomic mass is 32.2. The van der Waals surface area contributed by atoms with Crippen LogP contribution in [0.5, 0.6) is 11.5 Å². The van der Waals surface area contributed by atoms with Crippen LogP contribution in [-0.2, 0) is 23.2 Å². The highest BCUT2D eigenvalue weighted by Crippen LogP contribution is 2.26. The lowest BCUT2D eigenvalue weighted by Gasteiger charge is -2.10. The lowest BCUT2D eigenvalue weighted by Crippen LogP contribution is -2.11. The molecule has 30 heavy (non-hydrogen) atoms. The van der Waals surface area contributed by atoms with Crippen molar-refractivity contribution < 1.29 is 17.9 Å². The summed E-state index contributed by atoms with van der Waals surface area (Å²) in [5.74, 6) is 1.27. The Morgan fingerprint density at radius 3 is 2.20 bits per heavy atom. The first-order valence-electron chi connectivity index (χ1n) is 9.43. The number of rotatable bonds is 7. The molecule has 4 rings (SSSR count). The van der Waals surface area contributed by atoms with Gasteiger partial charge in [0.05, 0.1) is 17.5 Å². The zero-order valence-corrected chi connectivity index (χ0v) is 17.3. The van der Waals surface area contributed by atoms with Gasteiger partial charge in [0.15, 0.2) is 0 Å². The minimum absolute atomic E-state index is 0.190. The third-order valence-corrected chi connectivity index (χ3v) is 6.61. The Hall–Kier alpha value is -3.29. The summed E-state index contributed by atoms with van der Waals surface area (Å²) in [4.78, 5) is 0.190. The summed E-state index contributed by atoms with van der Waals surface area (Å²) < 4.78 is 38.4. The molecular weight excluding hydrogens is 400 g/mol. The van der Waals surface area contributed by atoms with Crippen LogP contribution < -0.4 is 15.2 Å². The number of fused-ring (bicyclic) bond motifs is 1. The van der Waals surface area contributed by atoms with Gasteiger partial charge in [-0.1, -0.05) is 24.3 Å². The van der Waals surface area contributed by atoms with Crippen LogP contribution in [-0.4, -0.2) is 19.5 Å². The molecule has 0 fully saturated rings. The quantitative estimate of drug-likeness (QED) is 0.488. The fourth-order valence-electron chi connectivity index (χ4n) is 3.19. The smallest absolute Gasteiger partial charge is 0.268 e. The first kappa shape index (κ1) is 20.0. The Bertz CT molecular complexity index is 1260. The van der Waals surface area contributed by atoms with Crippen molar-refractivity contribution in [3.05, 3.63) is 90.1 Å². The summed E-state index contributed by atoms with van der Waals surface area (Å²) in [6.45, 7) is 0.891. The molecule has 0 aliphatic rings. The summed E-state index contributed by atoms with van der Waals surface area (Å²) in [6.07, 6.45) is 1.55. The number of hydrogen-bond acceptors (Lipinski definition) is 5. The van der Waals surface area contributed by atoms with Crippen LogP contribution in [0, 0.1) is 0 Å². The summed E-state index contributed by atoms with van der Waals surface area (Å²) in [6, 6.07) is 21.3. The van der Waals surface area contributed by atoms with E-state index in [0.29, 0.717) is 30.2 Å². The Morgan fingerprint density at radius 2 is 1.53 bits per heavy atom. The largest absolute Gasteiger partial charge is 0.497 e. The SMILES string of the molecule is COc1ccc2c(ccn2S(=O)(=O)c2ccc(OCc3ccc(CN)cc3)cc2)c1. The number of nitrogens with zero attached hydrogens (tertiary/aromatic N) is 1. The summed E-state index contributed by atoms with van der Waals surface area (Å²) in [7, 11) is -2.15. The maximum atomic E-state index is 13.1. The molecule has 0 aliphatic heterocycles. The van der Waals surface area contributed by atoms with Crippen LogP contribution in [0.3, 0.4) is 0 Å². The molecule has 7 heteroatoms. The van der Waals surface area contributed by atoms with Gasteiger partial charge in [-0.05, 0) is 59.7 Å². The first-order valence-corrected chi connectivity index (χ1v) is 10.9. The molecule has 0 unspecified atom stereocenters. The lowest BCUT2D eigenvalue weighted by atomic mass is 10.1.